The largest absolute Gasteiger partial charge is 0.491 e. The average molecular weight is 337 g/mol. The summed E-state index contributed by atoms with van der Waals surface area (Å²) in [6.07, 6.45) is 4.39. The summed E-state index contributed by atoms with van der Waals surface area (Å²) in [5, 5.41) is 14.5. The number of aromatic nitrogens is 3. The molecular weight excluding hydrogens is 318 g/mol. The zero-order valence-corrected chi connectivity index (χ0v) is 13.9. The highest BCUT2D eigenvalue weighted by molar-refractivity contribution is 5.94. The van der Waals surface area contributed by atoms with Gasteiger partial charge in [0.05, 0.1) is 12.2 Å². The Hall–Kier alpha value is -2.99. The smallest absolute Gasteiger partial charge is 0.159 e. The number of rotatable bonds is 7. The summed E-state index contributed by atoms with van der Waals surface area (Å²) in [5.74, 6) is 0.533. The lowest BCUT2D eigenvalue weighted by Gasteiger charge is -2.15. The average Bonchev–Trinajstić information content (AvgIpc) is 3.09. The zero-order valence-electron chi connectivity index (χ0n) is 13.9. The molecule has 0 fully saturated rings. The minimum Gasteiger partial charge on any atom is -0.491 e. The highest BCUT2D eigenvalue weighted by Gasteiger charge is 2.12. The molecule has 1 atom stereocenters. The molecule has 0 saturated carbocycles. The van der Waals surface area contributed by atoms with Crippen LogP contribution in [0.4, 0.5) is 0 Å². The first-order chi connectivity index (χ1) is 12.1. The number of ether oxygens (including phenoxy) is 1. The van der Waals surface area contributed by atoms with Crippen molar-refractivity contribution in [2.24, 2.45) is 0 Å². The van der Waals surface area contributed by atoms with E-state index in [-0.39, 0.29) is 12.4 Å². The first-order valence-electron chi connectivity index (χ1n) is 7.97. The Balaban J connectivity index is 1.62. The van der Waals surface area contributed by atoms with Crippen LogP contribution in [-0.4, -0.2) is 38.4 Å². The van der Waals surface area contributed by atoms with Crippen LogP contribution in [0, 0.1) is 0 Å². The van der Waals surface area contributed by atoms with Gasteiger partial charge in [-0.25, -0.2) is 0 Å². The summed E-state index contributed by atoms with van der Waals surface area (Å²) in [6.45, 7) is 1.92. The normalized spacial score (nSPS) is 11.9. The molecule has 0 bridgehead atoms. The molecule has 1 aromatic carbocycles. The molecule has 0 aliphatic carbocycles. The third-order valence-corrected chi connectivity index (χ3v) is 3.76. The summed E-state index contributed by atoms with van der Waals surface area (Å²) in [6, 6.07) is 12.6. The topological polar surface area (TPSA) is 77.2 Å². The second kappa shape index (κ2) is 7.72. The second-order valence-corrected chi connectivity index (χ2v) is 5.68. The van der Waals surface area contributed by atoms with E-state index in [0.29, 0.717) is 17.9 Å². The summed E-state index contributed by atoms with van der Waals surface area (Å²) in [4.78, 5) is 15.4. The van der Waals surface area contributed by atoms with Crippen molar-refractivity contribution in [2.75, 3.05) is 6.61 Å². The SMILES string of the molecule is CC(=O)c1cccc(OCC(O)Cn2nccc2-c2ccncc2)c1. The number of Topliss-reactive ketones (excluding diaryl/α,β-unsaturated/α-hetero) is 1. The van der Waals surface area contributed by atoms with Gasteiger partial charge in [0.15, 0.2) is 5.78 Å². The number of hydrogen-bond donors (Lipinski definition) is 1. The molecule has 0 saturated heterocycles. The molecule has 1 N–H and O–H groups in total. The fraction of sp³-hybridized carbons (Fsp3) is 0.211. The highest BCUT2D eigenvalue weighted by Crippen LogP contribution is 2.18. The van der Waals surface area contributed by atoms with Crippen molar-refractivity contribution in [3.63, 3.8) is 0 Å². The van der Waals surface area contributed by atoms with E-state index in [9.17, 15) is 9.90 Å². The Bertz CT molecular complexity index is 846. The molecule has 3 aromatic rings. The van der Waals surface area contributed by atoms with E-state index in [0.717, 1.165) is 11.3 Å². The number of aliphatic hydroxyl groups excluding tert-OH is 1. The van der Waals surface area contributed by atoms with Crippen LogP contribution in [0.1, 0.15) is 17.3 Å². The van der Waals surface area contributed by atoms with E-state index >= 15 is 0 Å². The van der Waals surface area contributed by atoms with Gasteiger partial charge in [-0.05, 0) is 37.3 Å². The molecule has 1 unspecified atom stereocenters. The van der Waals surface area contributed by atoms with Crippen LogP contribution in [0.5, 0.6) is 5.75 Å². The molecule has 3 rings (SSSR count). The number of carbonyl (C=O) groups excluding carboxylic acids is 1. The number of benzene rings is 1. The van der Waals surface area contributed by atoms with E-state index in [1.165, 1.54) is 6.92 Å². The van der Waals surface area contributed by atoms with Crippen molar-refractivity contribution in [1.29, 1.82) is 0 Å². The summed E-state index contributed by atoms with van der Waals surface area (Å²) >= 11 is 0. The monoisotopic (exact) mass is 337 g/mol. The Kier molecular flexibility index (Phi) is 5.20. The van der Waals surface area contributed by atoms with Crippen molar-refractivity contribution < 1.29 is 14.6 Å². The summed E-state index contributed by atoms with van der Waals surface area (Å²) < 4.78 is 7.33. The standard InChI is InChI=1S/C19H19N3O3/c1-14(23)16-3-2-4-18(11-16)25-13-17(24)12-22-19(7-10-21-22)15-5-8-20-9-6-15/h2-11,17,24H,12-13H2,1H3. The van der Waals surface area contributed by atoms with Gasteiger partial charge in [0, 0.05) is 29.7 Å². The molecule has 2 heterocycles. The Morgan fingerprint density at radius 3 is 2.76 bits per heavy atom. The number of carbonyl (C=O) groups is 1. The fourth-order valence-corrected chi connectivity index (χ4v) is 2.50. The first-order valence-corrected chi connectivity index (χ1v) is 7.97. The predicted octanol–water partition coefficient (Wildman–Crippen LogP) is 2.59. The van der Waals surface area contributed by atoms with Crippen LogP contribution >= 0.6 is 0 Å². The molecular formula is C19H19N3O3. The van der Waals surface area contributed by atoms with Crippen LogP contribution in [0.3, 0.4) is 0 Å². The van der Waals surface area contributed by atoms with Gasteiger partial charge in [0.2, 0.25) is 0 Å². The zero-order chi connectivity index (χ0) is 17.6. The van der Waals surface area contributed by atoms with Crippen molar-refractivity contribution in [2.45, 2.75) is 19.6 Å². The van der Waals surface area contributed by atoms with Gasteiger partial charge in [-0.2, -0.15) is 5.10 Å². The van der Waals surface area contributed by atoms with Crippen LogP contribution in [-0.2, 0) is 6.54 Å². The fourth-order valence-electron chi connectivity index (χ4n) is 2.50. The second-order valence-electron chi connectivity index (χ2n) is 5.68. The molecule has 0 amide bonds. The Morgan fingerprint density at radius 1 is 1.20 bits per heavy atom. The summed E-state index contributed by atoms with van der Waals surface area (Å²) in [7, 11) is 0. The number of ketones is 1. The van der Waals surface area contributed by atoms with E-state index < -0.39 is 6.10 Å². The van der Waals surface area contributed by atoms with Crippen molar-refractivity contribution in [1.82, 2.24) is 14.8 Å². The lowest BCUT2D eigenvalue weighted by Crippen LogP contribution is -2.24. The molecule has 0 aliphatic rings. The molecule has 0 radical (unpaired) electrons. The first kappa shape index (κ1) is 16.9. The van der Waals surface area contributed by atoms with Crippen molar-refractivity contribution in [3.05, 3.63) is 66.6 Å². The molecule has 6 nitrogen and oxygen atoms in total. The quantitative estimate of drug-likeness (QED) is 0.671. The van der Waals surface area contributed by atoms with E-state index in [4.69, 9.17) is 4.74 Å². The van der Waals surface area contributed by atoms with Gasteiger partial charge in [-0.3, -0.25) is 14.5 Å². The number of nitrogens with zero attached hydrogens (tertiary/aromatic N) is 3. The molecule has 25 heavy (non-hydrogen) atoms. The third kappa shape index (κ3) is 4.30. The maximum absolute atomic E-state index is 11.4. The van der Waals surface area contributed by atoms with E-state index in [1.807, 2.05) is 18.2 Å². The maximum Gasteiger partial charge on any atom is 0.159 e. The minimum absolute atomic E-state index is 0.0236. The van der Waals surface area contributed by atoms with Gasteiger partial charge in [-0.15, -0.1) is 0 Å². The van der Waals surface area contributed by atoms with E-state index in [1.54, 1.807) is 47.5 Å². The van der Waals surface area contributed by atoms with Crippen molar-refractivity contribution in [3.8, 4) is 17.0 Å². The van der Waals surface area contributed by atoms with Gasteiger partial charge in [-0.1, -0.05) is 12.1 Å². The van der Waals surface area contributed by atoms with Crippen LogP contribution in [0.2, 0.25) is 0 Å². The predicted molar refractivity (Wildman–Crippen MR) is 93.4 cm³/mol. The molecule has 6 heteroatoms. The van der Waals surface area contributed by atoms with Gasteiger partial charge in [0.25, 0.3) is 0 Å². The molecule has 2 aromatic heterocycles. The van der Waals surface area contributed by atoms with Gasteiger partial charge >= 0.3 is 0 Å². The lowest BCUT2D eigenvalue weighted by molar-refractivity contribution is 0.0896. The lowest BCUT2D eigenvalue weighted by atomic mass is 10.1. The van der Waals surface area contributed by atoms with Crippen LogP contribution in [0.15, 0.2) is 61.1 Å². The van der Waals surface area contributed by atoms with Crippen LogP contribution in [0.25, 0.3) is 11.3 Å². The number of pyridine rings is 1. The van der Waals surface area contributed by atoms with Crippen LogP contribution < -0.4 is 4.74 Å². The number of hydrogen-bond acceptors (Lipinski definition) is 5. The third-order valence-electron chi connectivity index (χ3n) is 3.76. The maximum atomic E-state index is 11.4. The molecule has 0 aliphatic heterocycles. The molecule has 0 spiro atoms. The van der Waals surface area contributed by atoms with Gasteiger partial charge < -0.3 is 9.84 Å². The Labute approximate surface area is 145 Å². The highest BCUT2D eigenvalue weighted by atomic mass is 16.5. The minimum atomic E-state index is -0.735. The van der Waals surface area contributed by atoms with Gasteiger partial charge in [0.1, 0.15) is 18.5 Å². The number of aliphatic hydroxyl groups is 1. The molecule has 128 valence electrons. The summed E-state index contributed by atoms with van der Waals surface area (Å²) in [5.41, 5.74) is 2.47. The van der Waals surface area contributed by atoms with Crippen molar-refractivity contribution >= 4 is 5.78 Å². The van der Waals surface area contributed by atoms with E-state index in [2.05, 4.69) is 10.1 Å². The Morgan fingerprint density at radius 2 is 2.00 bits per heavy atom.